The van der Waals surface area contributed by atoms with Crippen molar-refractivity contribution in [1.29, 1.82) is 0 Å². The minimum atomic E-state index is -0.233. The fourth-order valence-corrected chi connectivity index (χ4v) is 3.79. The number of hydrogen-bond acceptors (Lipinski definition) is 4. The van der Waals surface area contributed by atoms with Gasteiger partial charge >= 0.3 is 0 Å². The van der Waals surface area contributed by atoms with E-state index in [1.165, 1.54) is 32.4 Å². The monoisotopic (exact) mass is 353 g/mol. The zero-order valence-corrected chi connectivity index (χ0v) is 14.7. The Morgan fingerprint density at radius 2 is 1.77 bits per heavy atom. The van der Waals surface area contributed by atoms with E-state index in [4.69, 9.17) is 10.5 Å². The number of hydrogen-bond donors (Lipinski definition) is 1. The molecule has 0 radical (unpaired) electrons. The molecule has 3 aliphatic rings. The molecule has 0 aromatic rings. The number of amides is 1. The Balaban J connectivity index is 0.00000121. The summed E-state index contributed by atoms with van der Waals surface area (Å²) in [6.07, 6.45) is 6.74. The van der Waals surface area contributed by atoms with Crippen LogP contribution in [-0.4, -0.2) is 66.7 Å². The van der Waals surface area contributed by atoms with E-state index >= 15 is 0 Å². The molecule has 2 N–H and O–H groups in total. The minimum absolute atomic E-state index is 0. The maximum absolute atomic E-state index is 12.5. The van der Waals surface area contributed by atoms with Crippen LogP contribution < -0.4 is 5.73 Å². The van der Waals surface area contributed by atoms with E-state index in [0.717, 1.165) is 32.4 Å². The Hall–Kier alpha value is -0.0700. The van der Waals surface area contributed by atoms with Gasteiger partial charge in [-0.05, 0) is 45.2 Å². The first-order chi connectivity index (χ1) is 9.78. The van der Waals surface area contributed by atoms with Gasteiger partial charge < -0.3 is 15.4 Å². The van der Waals surface area contributed by atoms with Crippen LogP contribution in [0.4, 0.5) is 0 Å². The van der Waals surface area contributed by atoms with Crippen LogP contribution in [0.1, 0.15) is 38.5 Å². The van der Waals surface area contributed by atoms with E-state index in [-0.39, 0.29) is 42.9 Å². The zero-order valence-electron chi connectivity index (χ0n) is 13.1. The van der Waals surface area contributed by atoms with Gasteiger partial charge in [0.05, 0.1) is 6.10 Å². The summed E-state index contributed by atoms with van der Waals surface area (Å²) in [5, 5.41) is 0. The number of carbonyl (C=O) groups excluding carboxylic acids is 1. The van der Waals surface area contributed by atoms with Crippen molar-refractivity contribution in [3.8, 4) is 0 Å². The highest BCUT2D eigenvalue weighted by atomic mass is 35.5. The lowest BCUT2D eigenvalue weighted by molar-refractivity contribution is -0.141. The summed E-state index contributed by atoms with van der Waals surface area (Å²) in [6, 6.07) is 0.575. The van der Waals surface area contributed by atoms with Crippen molar-refractivity contribution >= 4 is 30.7 Å². The van der Waals surface area contributed by atoms with E-state index in [2.05, 4.69) is 4.90 Å². The van der Waals surface area contributed by atoms with Gasteiger partial charge in [-0.15, -0.1) is 24.8 Å². The highest BCUT2D eigenvalue weighted by Gasteiger charge is 2.37. The molecule has 0 aliphatic carbocycles. The summed E-state index contributed by atoms with van der Waals surface area (Å²) in [5.74, 6) is 0.195. The molecule has 0 spiro atoms. The molecule has 3 saturated heterocycles. The first-order valence-corrected chi connectivity index (χ1v) is 8.16. The Bertz CT molecular complexity index is 354. The van der Waals surface area contributed by atoms with E-state index in [1.54, 1.807) is 0 Å². The molecule has 1 unspecified atom stereocenters. The summed E-state index contributed by atoms with van der Waals surface area (Å²) in [7, 11) is 0. The van der Waals surface area contributed by atoms with Crippen LogP contribution in [0, 0.1) is 0 Å². The standard InChI is InChI=1S/C15H27N3O2.2ClH/c16-10-13-4-5-14(20-13)15(19)18-9-6-12(11-18)17-7-2-1-3-8-17;;/h12-14H,1-11,16H2;2*1H/t12?,13-,14+;;/m1../s1. The molecule has 3 rings (SSSR count). The first kappa shape index (κ1) is 20.0. The van der Waals surface area contributed by atoms with Crippen molar-refractivity contribution in [2.45, 2.75) is 56.8 Å². The molecule has 130 valence electrons. The van der Waals surface area contributed by atoms with Gasteiger partial charge in [0.25, 0.3) is 5.91 Å². The molecule has 0 aromatic heterocycles. The Kier molecular flexibility index (Phi) is 8.43. The van der Waals surface area contributed by atoms with Crippen molar-refractivity contribution in [2.24, 2.45) is 5.73 Å². The molecule has 5 nitrogen and oxygen atoms in total. The molecule has 3 atom stereocenters. The SMILES string of the molecule is Cl.Cl.NC[C@H]1CC[C@@H](C(=O)N2CCC(N3CCCCC3)C2)O1. The predicted octanol–water partition coefficient (Wildman–Crippen LogP) is 1.42. The number of nitrogens with zero attached hydrogens (tertiary/aromatic N) is 2. The Morgan fingerprint density at radius 3 is 2.41 bits per heavy atom. The fraction of sp³-hybridized carbons (Fsp3) is 0.933. The van der Waals surface area contributed by atoms with Crippen LogP contribution in [0.3, 0.4) is 0 Å². The Morgan fingerprint density at radius 1 is 1.05 bits per heavy atom. The van der Waals surface area contributed by atoms with Gasteiger partial charge in [-0.1, -0.05) is 6.42 Å². The molecular formula is C15H29Cl2N3O2. The normalized spacial score (nSPS) is 32.4. The molecule has 0 bridgehead atoms. The quantitative estimate of drug-likeness (QED) is 0.833. The molecule has 3 fully saturated rings. The van der Waals surface area contributed by atoms with Gasteiger partial charge in [0.1, 0.15) is 6.10 Å². The second-order valence-electron chi connectivity index (χ2n) is 6.38. The predicted molar refractivity (Wildman–Crippen MR) is 91.9 cm³/mol. The van der Waals surface area contributed by atoms with Crippen LogP contribution in [0.2, 0.25) is 0 Å². The number of carbonyl (C=O) groups is 1. The molecule has 0 saturated carbocycles. The van der Waals surface area contributed by atoms with E-state index in [1.807, 2.05) is 4.90 Å². The smallest absolute Gasteiger partial charge is 0.251 e. The number of likely N-dealkylation sites (tertiary alicyclic amines) is 2. The number of rotatable bonds is 3. The van der Waals surface area contributed by atoms with E-state index in [0.29, 0.717) is 12.6 Å². The molecule has 22 heavy (non-hydrogen) atoms. The number of halogens is 2. The van der Waals surface area contributed by atoms with Crippen molar-refractivity contribution in [1.82, 2.24) is 9.80 Å². The van der Waals surface area contributed by atoms with Gasteiger partial charge in [-0.25, -0.2) is 0 Å². The molecule has 0 aromatic carbocycles. The lowest BCUT2D eigenvalue weighted by Gasteiger charge is -2.32. The summed E-state index contributed by atoms with van der Waals surface area (Å²) in [4.78, 5) is 17.1. The molecular weight excluding hydrogens is 325 g/mol. The average molecular weight is 354 g/mol. The van der Waals surface area contributed by atoms with Crippen molar-refractivity contribution in [2.75, 3.05) is 32.7 Å². The number of nitrogens with two attached hydrogens (primary N) is 1. The topological polar surface area (TPSA) is 58.8 Å². The second-order valence-corrected chi connectivity index (χ2v) is 6.38. The average Bonchev–Trinajstić information content (AvgIpc) is 3.17. The molecule has 1 amide bonds. The van der Waals surface area contributed by atoms with Gasteiger partial charge in [0.2, 0.25) is 0 Å². The van der Waals surface area contributed by atoms with Gasteiger partial charge in [0.15, 0.2) is 0 Å². The first-order valence-electron chi connectivity index (χ1n) is 8.16. The largest absolute Gasteiger partial charge is 0.364 e. The third kappa shape index (κ3) is 4.48. The zero-order chi connectivity index (χ0) is 13.9. The highest BCUT2D eigenvalue weighted by Crippen LogP contribution is 2.25. The summed E-state index contributed by atoms with van der Waals surface area (Å²) < 4.78 is 5.74. The minimum Gasteiger partial charge on any atom is -0.364 e. The maximum Gasteiger partial charge on any atom is 0.251 e. The Labute approximate surface area is 145 Å². The number of ether oxygens (including phenoxy) is 1. The van der Waals surface area contributed by atoms with Gasteiger partial charge in [0, 0.05) is 25.7 Å². The van der Waals surface area contributed by atoms with Crippen LogP contribution in [0.5, 0.6) is 0 Å². The van der Waals surface area contributed by atoms with Gasteiger partial charge in [-0.3, -0.25) is 9.69 Å². The van der Waals surface area contributed by atoms with Crippen molar-refractivity contribution < 1.29 is 9.53 Å². The second kappa shape index (κ2) is 9.28. The van der Waals surface area contributed by atoms with Crippen LogP contribution in [0.25, 0.3) is 0 Å². The van der Waals surface area contributed by atoms with Gasteiger partial charge in [-0.2, -0.15) is 0 Å². The lowest BCUT2D eigenvalue weighted by Crippen LogP contribution is -2.43. The number of piperidine rings is 1. The van der Waals surface area contributed by atoms with E-state index < -0.39 is 0 Å². The highest BCUT2D eigenvalue weighted by molar-refractivity contribution is 5.85. The molecule has 7 heteroatoms. The maximum atomic E-state index is 12.5. The third-order valence-electron chi connectivity index (χ3n) is 5.03. The van der Waals surface area contributed by atoms with Crippen molar-refractivity contribution in [3.63, 3.8) is 0 Å². The summed E-state index contributed by atoms with van der Waals surface area (Å²) >= 11 is 0. The third-order valence-corrected chi connectivity index (χ3v) is 5.03. The lowest BCUT2D eigenvalue weighted by atomic mass is 10.1. The molecule has 3 heterocycles. The molecule has 3 aliphatic heterocycles. The van der Waals surface area contributed by atoms with Crippen LogP contribution in [-0.2, 0) is 9.53 Å². The van der Waals surface area contributed by atoms with E-state index in [9.17, 15) is 4.79 Å². The van der Waals surface area contributed by atoms with Crippen LogP contribution >= 0.6 is 24.8 Å². The summed E-state index contributed by atoms with van der Waals surface area (Å²) in [5.41, 5.74) is 5.61. The summed E-state index contributed by atoms with van der Waals surface area (Å²) in [6.45, 7) is 4.74. The van der Waals surface area contributed by atoms with Crippen molar-refractivity contribution in [3.05, 3.63) is 0 Å². The van der Waals surface area contributed by atoms with Crippen LogP contribution in [0.15, 0.2) is 0 Å². The fourth-order valence-electron chi connectivity index (χ4n) is 3.79.